The van der Waals surface area contributed by atoms with Crippen LogP contribution < -0.4 is 0 Å². The van der Waals surface area contributed by atoms with Gasteiger partial charge in [0.05, 0.1) is 12.3 Å². The van der Waals surface area contributed by atoms with Gasteiger partial charge < -0.3 is 19.6 Å². The van der Waals surface area contributed by atoms with Crippen LogP contribution in [0.25, 0.3) is 10.8 Å². The molecule has 0 bridgehead atoms. The molecule has 14 heteroatoms. The number of nitrogens with zero attached hydrogens (tertiary/aromatic N) is 2. The predicted molar refractivity (Wildman–Crippen MR) is 109 cm³/mol. The van der Waals surface area contributed by atoms with Gasteiger partial charge in [0.2, 0.25) is 0 Å². The van der Waals surface area contributed by atoms with E-state index in [0.717, 1.165) is 0 Å². The van der Waals surface area contributed by atoms with E-state index in [4.69, 9.17) is 19.6 Å². The summed E-state index contributed by atoms with van der Waals surface area (Å²) in [5, 5.41) is 0.164. The second kappa shape index (κ2) is 7.41. The Kier molecular flexibility index (Phi) is 5.21. The van der Waals surface area contributed by atoms with Gasteiger partial charge in [-0.1, -0.05) is 0 Å². The largest absolute Gasteiger partial charge is 0.327 e. The predicted octanol–water partition coefficient (Wildman–Crippen LogP) is 0.387. The van der Waals surface area contributed by atoms with E-state index in [-0.39, 0.29) is 33.0 Å². The van der Waals surface area contributed by atoms with Gasteiger partial charge in [0, 0.05) is 46.1 Å². The average molecular weight is 482 g/mol. The molecule has 4 N–H and O–H groups in total. The Bertz CT molecular complexity index is 1150. The van der Waals surface area contributed by atoms with Crippen LogP contribution in [0.3, 0.4) is 0 Å². The molecule has 4 amide bonds. The molecule has 0 saturated heterocycles. The van der Waals surface area contributed by atoms with E-state index in [1.54, 1.807) is 0 Å². The van der Waals surface area contributed by atoms with Gasteiger partial charge in [-0.15, -0.1) is 0 Å². The first-order valence-electron chi connectivity index (χ1n) is 9.21. The first-order valence-corrected chi connectivity index (χ1v) is 12.8. The number of rotatable bonds is 6. The number of hydrogen-bond acceptors (Lipinski definition) is 6. The monoisotopic (exact) mass is 482 g/mol. The van der Waals surface area contributed by atoms with Gasteiger partial charge in [0.15, 0.2) is 0 Å². The molecule has 2 aliphatic rings. The van der Waals surface area contributed by atoms with E-state index in [9.17, 15) is 28.3 Å². The van der Waals surface area contributed by atoms with Crippen LogP contribution in [0.2, 0.25) is 0 Å². The third kappa shape index (κ3) is 3.71. The van der Waals surface area contributed by atoms with E-state index in [0.29, 0.717) is 9.80 Å². The van der Waals surface area contributed by atoms with Crippen LogP contribution in [0.1, 0.15) is 41.4 Å². The Balaban J connectivity index is 1.82. The summed E-state index contributed by atoms with van der Waals surface area (Å²) < 4.78 is 22.4. The summed E-state index contributed by atoms with van der Waals surface area (Å²) in [5.41, 5.74) is -0.0179. The molecule has 32 heavy (non-hydrogen) atoms. The van der Waals surface area contributed by atoms with Gasteiger partial charge in [0.25, 0.3) is 23.6 Å². The third-order valence-corrected chi connectivity index (χ3v) is 6.86. The van der Waals surface area contributed by atoms with E-state index >= 15 is 0 Å². The summed E-state index contributed by atoms with van der Waals surface area (Å²) in [6.07, 6.45) is -1.44. The Morgan fingerprint density at radius 1 is 0.562 bits per heavy atom. The van der Waals surface area contributed by atoms with Crippen molar-refractivity contribution in [3.8, 4) is 0 Å². The topological polar surface area (TPSA) is 190 Å². The SMILES string of the molecule is O=C1c2ccc3c4c(ccc(c24)C(=O)N1CCP(=O)(O)O)C(=O)N(CCP(=O)(O)O)C3=O. The third-order valence-electron chi connectivity index (χ3n) is 5.29. The van der Waals surface area contributed by atoms with Gasteiger partial charge in [0.1, 0.15) is 0 Å². The van der Waals surface area contributed by atoms with E-state index in [1.807, 2.05) is 0 Å². The number of carbonyl (C=O) groups excluding carboxylic acids is 4. The maximum atomic E-state index is 12.9. The fraction of sp³-hybridized carbons (Fsp3) is 0.222. The summed E-state index contributed by atoms with van der Waals surface area (Å²) in [5.74, 6) is -3.26. The first-order chi connectivity index (χ1) is 14.8. The van der Waals surface area contributed by atoms with Crippen molar-refractivity contribution < 1.29 is 47.9 Å². The van der Waals surface area contributed by atoms with Crippen LogP contribution in [0.4, 0.5) is 0 Å². The van der Waals surface area contributed by atoms with Crippen LogP contribution in [-0.4, -0.2) is 78.4 Å². The highest BCUT2D eigenvalue weighted by molar-refractivity contribution is 7.52. The lowest BCUT2D eigenvalue weighted by molar-refractivity contribution is 0.0597. The molecule has 12 nitrogen and oxygen atoms in total. The molecule has 0 atom stereocenters. The van der Waals surface area contributed by atoms with Crippen LogP contribution in [0.5, 0.6) is 0 Å². The molecule has 0 unspecified atom stereocenters. The van der Waals surface area contributed by atoms with E-state index in [1.165, 1.54) is 24.3 Å². The molecule has 2 aromatic carbocycles. The lowest BCUT2D eigenvalue weighted by atomic mass is 9.86. The molecule has 2 aliphatic heterocycles. The smallest absolute Gasteiger partial charge is 0.324 e. The van der Waals surface area contributed by atoms with Crippen LogP contribution in [0, 0.1) is 0 Å². The van der Waals surface area contributed by atoms with E-state index < -0.39 is 64.2 Å². The average Bonchev–Trinajstić information content (AvgIpc) is 2.68. The van der Waals surface area contributed by atoms with Crippen LogP contribution in [0.15, 0.2) is 24.3 Å². The highest BCUT2D eigenvalue weighted by atomic mass is 31.2. The maximum absolute atomic E-state index is 12.9. The second-order valence-corrected chi connectivity index (χ2v) is 10.9. The minimum Gasteiger partial charge on any atom is -0.324 e. The zero-order chi connectivity index (χ0) is 23.6. The van der Waals surface area contributed by atoms with Crippen molar-refractivity contribution in [1.29, 1.82) is 0 Å². The second-order valence-electron chi connectivity index (χ2n) is 7.37. The summed E-state index contributed by atoms with van der Waals surface area (Å²) in [6.45, 7) is -1.03. The van der Waals surface area contributed by atoms with Crippen molar-refractivity contribution in [2.24, 2.45) is 0 Å². The quantitative estimate of drug-likeness (QED) is 0.331. The number of benzene rings is 2. The summed E-state index contributed by atoms with van der Waals surface area (Å²) in [7, 11) is -8.95. The molecule has 2 aromatic rings. The normalized spacial score (nSPS) is 16.4. The van der Waals surface area contributed by atoms with E-state index in [2.05, 4.69) is 0 Å². The standard InChI is InChI=1S/C18H16N2O10P2/c21-15-9-1-2-10-14-12(18(24)20(16(10)22)6-8-32(28,29)30)4-3-11(13(9)14)17(23)19(15)5-7-31(25,26)27/h1-4H,5-8H2,(H2,25,26,27)(H2,28,29,30). The van der Waals surface area contributed by atoms with Crippen molar-refractivity contribution >= 4 is 49.6 Å². The fourth-order valence-electron chi connectivity index (χ4n) is 3.84. The summed E-state index contributed by atoms with van der Waals surface area (Å²) >= 11 is 0. The Morgan fingerprint density at radius 2 is 0.812 bits per heavy atom. The molecule has 0 aromatic heterocycles. The highest BCUT2D eigenvalue weighted by Gasteiger charge is 2.40. The lowest BCUT2D eigenvalue weighted by Crippen LogP contribution is -2.44. The number of hydrogen-bond donors (Lipinski definition) is 4. The zero-order valence-electron chi connectivity index (χ0n) is 16.2. The van der Waals surface area contributed by atoms with Gasteiger partial charge >= 0.3 is 15.2 Å². The van der Waals surface area contributed by atoms with Crippen molar-refractivity contribution in [2.45, 2.75) is 0 Å². The van der Waals surface area contributed by atoms with Gasteiger partial charge in [-0.3, -0.25) is 38.1 Å². The minimum absolute atomic E-state index is 0.00446. The molecular formula is C18H16N2O10P2. The minimum atomic E-state index is -4.48. The number of imide groups is 2. The summed E-state index contributed by atoms with van der Waals surface area (Å²) in [4.78, 5) is 89.3. The molecule has 2 heterocycles. The Labute approximate surface area is 179 Å². The van der Waals surface area contributed by atoms with Crippen molar-refractivity contribution in [2.75, 3.05) is 25.4 Å². The van der Waals surface area contributed by atoms with Gasteiger partial charge in [-0.25, -0.2) is 0 Å². The highest BCUT2D eigenvalue weighted by Crippen LogP contribution is 2.40. The van der Waals surface area contributed by atoms with Crippen LogP contribution in [-0.2, 0) is 9.13 Å². The molecular weight excluding hydrogens is 466 g/mol. The Morgan fingerprint density at radius 3 is 1.03 bits per heavy atom. The molecule has 0 fully saturated rings. The van der Waals surface area contributed by atoms with Gasteiger partial charge in [-0.05, 0) is 24.3 Å². The molecule has 0 aliphatic carbocycles. The molecule has 0 spiro atoms. The van der Waals surface area contributed by atoms with Gasteiger partial charge in [-0.2, -0.15) is 0 Å². The first kappa shape index (κ1) is 22.5. The molecule has 4 rings (SSSR count). The number of amides is 4. The zero-order valence-corrected chi connectivity index (χ0v) is 18.0. The number of carbonyl (C=O) groups is 4. The maximum Gasteiger partial charge on any atom is 0.327 e. The Hall–Kier alpha value is -2.72. The lowest BCUT2D eigenvalue weighted by Gasteiger charge is -2.32. The molecule has 0 radical (unpaired) electrons. The molecule has 0 saturated carbocycles. The summed E-state index contributed by atoms with van der Waals surface area (Å²) in [6, 6.07) is 5.11. The molecule has 168 valence electrons. The van der Waals surface area contributed by atoms with Crippen molar-refractivity contribution in [3.05, 3.63) is 46.5 Å². The van der Waals surface area contributed by atoms with Crippen molar-refractivity contribution in [1.82, 2.24) is 9.80 Å². The van der Waals surface area contributed by atoms with Crippen molar-refractivity contribution in [3.63, 3.8) is 0 Å². The fourth-order valence-corrected chi connectivity index (χ4v) is 4.76. The van der Waals surface area contributed by atoms with Crippen LogP contribution >= 0.6 is 15.2 Å².